The Kier molecular flexibility index (Phi) is 3.63. The molecule has 0 fully saturated rings. The third-order valence-corrected chi connectivity index (χ3v) is 1.86. The Hall–Kier alpha value is 0.420. The highest BCUT2D eigenvalue weighted by molar-refractivity contribution is 8.14. The van der Waals surface area contributed by atoms with Crippen LogP contribution in [-0.4, -0.2) is 5.52 Å². The zero-order valence-electron chi connectivity index (χ0n) is 3.40. The Labute approximate surface area is 52.6 Å². The van der Waals surface area contributed by atoms with E-state index in [1.807, 2.05) is 0 Å². The number of carbonyl (C=O) groups is 1. The van der Waals surface area contributed by atoms with Crippen molar-refractivity contribution >= 4 is 34.6 Å². The zero-order valence-corrected chi connectivity index (χ0v) is 5.80. The van der Waals surface area contributed by atoms with E-state index >= 15 is 0 Å². The van der Waals surface area contributed by atoms with Crippen molar-refractivity contribution in [1.82, 2.24) is 0 Å². The van der Waals surface area contributed by atoms with Crippen LogP contribution in [0.15, 0.2) is 12.7 Å². The first kappa shape index (κ1) is 7.42. The van der Waals surface area contributed by atoms with E-state index in [1.165, 1.54) is 0 Å². The van der Waals surface area contributed by atoms with Gasteiger partial charge in [0.1, 0.15) is 0 Å². The fraction of sp³-hybridized carbons (Fsp3) is 0. The van der Waals surface area contributed by atoms with Crippen molar-refractivity contribution < 1.29 is 4.79 Å². The maximum atomic E-state index is 10.2. The second kappa shape index (κ2) is 3.43. The second-order valence-corrected chi connectivity index (χ2v) is 4.23. The molecule has 0 aromatic rings. The van der Waals surface area contributed by atoms with Crippen molar-refractivity contribution in [3.8, 4) is 0 Å². The molecule has 1 nitrogen and oxygen atoms in total. The van der Waals surface area contributed by atoms with Gasteiger partial charge in [0.25, 0.3) is 0 Å². The van der Waals surface area contributed by atoms with Crippen molar-refractivity contribution in [2.75, 3.05) is 0 Å². The summed E-state index contributed by atoms with van der Waals surface area (Å²) in [5.74, 6) is 0. The number of rotatable bonds is 2. The lowest BCUT2D eigenvalue weighted by molar-refractivity contribution is -0.107. The van der Waals surface area contributed by atoms with Crippen LogP contribution in [0.4, 0.5) is 0 Å². The smallest absolute Gasteiger partial charge is 0.207 e. The first-order chi connectivity index (χ1) is 3.18. The zero-order chi connectivity index (χ0) is 5.86. The van der Waals surface area contributed by atoms with Gasteiger partial charge in [-0.25, -0.2) is 0 Å². The first-order valence-electron chi connectivity index (χ1n) is 1.46. The third kappa shape index (κ3) is 3.04. The SMILES string of the molecule is C=CC(=O)P(Cl)Cl. The molecule has 0 amide bonds. The van der Waals surface area contributed by atoms with Crippen LogP contribution in [0.25, 0.3) is 0 Å². The summed E-state index contributed by atoms with van der Waals surface area (Å²) in [6.07, 6.45) is 1.12. The highest BCUT2D eigenvalue weighted by Crippen LogP contribution is 2.47. The van der Waals surface area contributed by atoms with Crippen LogP contribution in [0.1, 0.15) is 0 Å². The molecule has 40 valence electrons. The van der Waals surface area contributed by atoms with Gasteiger partial charge in [-0.1, -0.05) is 29.1 Å². The van der Waals surface area contributed by atoms with E-state index in [0.29, 0.717) is 0 Å². The predicted molar refractivity (Wildman–Crippen MR) is 33.8 cm³/mol. The van der Waals surface area contributed by atoms with Gasteiger partial charge in [-0.05, 0) is 6.08 Å². The number of hydrogen-bond acceptors (Lipinski definition) is 1. The van der Waals surface area contributed by atoms with Gasteiger partial charge in [0, 0.05) is 0 Å². The second-order valence-electron chi connectivity index (χ2n) is 0.775. The average molecular weight is 157 g/mol. The van der Waals surface area contributed by atoms with Gasteiger partial charge in [-0.2, -0.15) is 0 Å². The van der Waals surface area contributed by atoms with Crippen molar-refractivity contribution in [3.05, 3.63) is 12.7 Å². The van der Waals surface area contributed by atoms with E-state index in [4.69, 9.17) is 22.5 Å². The van der Waals surface area contributed by atoms with Crippen molar-refractivity contribution in [3.63, 3.8) is 0 Å². The molecule has 0 unspecified atom stereocenters. The lowest BCUT2D eigenvalue weighted by atomic mass is 10.7. The fourth-order valence-corrected chi connectivity index (χ4v) is 0.621. The maximum absolute atomic E-state index is 10.2. The van der Waals surface area contributed by atoms with Crippen molar-refractivity contribution in [2.24, 2.45) is 0 Å². The Morgan fingerprint density at radius 3 is 2.14 bits per heavy atom. The Morgan fingerprint density at radius 1 is 1.71 bits per heavy atom. The van der Waals surface area contributed by atoms with E-state index in [-0.39, 0.29) is 5.52 Å². The van der Waals surface area contributed by atoms with Gasteiger partial charge in [-0.15, -0.1) is 0 Å². The van der Waals surface area contributed by atoms with Gasteiger partial charge >= 0.3 is 0 Å². The molecule has 0 bridgehead atoms. The van der Waals surface area contributed by atoms with Gasteiger partial charge < -0.3 is 0 Å². The summed E-state index contributed by atoms with van der Waals surface area (Å²) in [4.78, 5) is 10.2. The molecular formula is C3H3Cl2OP. The van der Waals surface area contributed by atoms with E-state index in [1.54, 1.807) is 0 Å². The maximum Gasteiger partial charge on any atom is 0.207 e. The summed E-state index contributed by atoms with van der Waals surface area (Å²) in [6.45, 7) is 1.71. The Bertz CT molecular complexity index is 90.9. The molecule has 0 aliphatic rings. The average Bonchev–Trinajstić information content (AvgIpc) is 1.65. The van der Waals surface area contributed by atoms with Crippen molar-refractivity contribution in [2.45, 2.75) is 0 Å². The monoisotopic (exact) mass is 156 g/mol. The topological polar surface area (TPSA) is 17.1 Å². The molecule has 0 N–H and O–H groups in total. The molecule has 0 spiro atoms. The summed E-state index contributed by atoms with van der Waals surface area (Å²) in [7, 11) is 0. The summed E-state index contributed by atoms with van der Waals surface area (Å²) in [5, 5.41) is 0. The summed E-state index contributed by atoms with van der Waals surface area (Å²) < 4.78 is 0. The number of hydrogen-bond donors (Lipinski definition) is 0. The van der Waals surface area contributed by atoms with Crippen molar-refractivity contribution in [1.29, 1.82) is 0 Å². The Morgan fingerprint density at radius 2 is 2.14 bits per heavy atom. The molecule has 0 saturated carbocycles. The quantitative estimate of drug-likeness (QED) is 0.444. The van der Waals surface area contributed by atoms with Crippen LogP contribution in [0.5, 0.6) is 0 Å². The lowest BCUT2D eigenvalue weighted by Crippen LogP contribution is -1.75. The molecule has 0 radical (unpaired) electrons. The number of halogens is 2. The van der Waals surface area contributed by atoms with Crippen LogP contribution in [0.2, 0.25) is 0 Å². The van der Waals surface area contributed by atoms with E-state index < -0.39 is 6.63 Å². The predicted octanol–water partition coefficient (Wildman–Crippen LogP) is 2.49. The highest BCUT2D eigenvalue weighted by atomic mass is 35.9. The van der Waals surface area contributed by atoms with E-state index in [9.17, 15) is 4.79 Å². The van der Waals surface area contributed by atoms with Crippen LogP contribution in [0, 0.1) is 0 Å². The summed E-state index contributed by atoms with van der Waals surface area (Å²) in [6, 6.07) is 0. The molecule has 0 heterocycles. The van der Waals surface area contributed by atoms with Crippen LogP contribution < -0.4 is 0 Å². The number of carbonyl (C=O) groups excluding carboxylic acids is 1. The third-order valence-electron chi connectivity index (χ3n) is 0.341. The molecule has 0 aliphatic carbocycles. The molecular weight excluding hydrogens is 154 g/mol. The number of allylic oxidation sites excluding steroid dienone is 1. The molecule has 4 heteroatoms. The minimum Gasteiger partial charge on any atom is -0.287 e. The summed E-state index contributed by atoms with van der Waals surface area (Å²) in [5.41, 5.74) is -0.293. The first-order valence-corrected chi connectivity index (χ1v) is 4.61. The largest absolute Gasteiger partial charge is 0.287 e. The molecule has 0 aromatic carbocycles. The van der Waals surface area contributed by atoms with Gasteiger partial charge in [-0.3, -0.25) is 4.79 Å². The lowest BCUT2D eigenvalue weighted by Gasteiger charge is -1.86. The molecule has 0 rings (SSSR count). The van der Waals surface area contributed by atoms with Gasteiger partial charge in [0.2, 0.25) is 5.52 Å². The molecule has 0 atom stereocenters. The standard InChI is InChI=1S/C3H3Cl2OP/c1-2-3(6)7(4)5/h2H,1H2. The van der Waals surface area contributed by atoms with E-state index in [2.05, 4.69) is 6.58 Å². The van der Waals surface area contributed by atoms with Gasteiger partial charge in [0.05, 0.1) is 0 Å². The molecule has 0 aliphatic heterocycles. The van der Waals surface area contributed by atoms with Gasteiger partial charge in [0.15, 0.2) is 6.63 Å². The molecule has 7 heavy (non-hydrogen) atoms. The molecule has 0 aromatic heterocycles. The van der Waals surface area contributed by atoms with Crippen LogP contribution >= 0.6 is 29.1 Å². The molecule has 0 saturated heterocycles. The van der Waals surface area contributed by atoms with Crippen LogP contribution in [0.3, 0.4) is 0 Å². The minimum atomic E-state index is -1.47. The van der Waals surface area contributed by atoms with Crippen LogP contribution in [-0.2, 0) is 4.79 Å². The highest BCUT2D eigenvalue weighted by Gasteiger charge is 2.04. The Balaban J connectivity index is 3.56. The van der Waals surface area contributed by atoms with E-state index in [0.717, 1.165) is 6.08 Å². The minimum absolute atomic E-state index is 0.293. The summed E-state index contributed by atoms with van der Waals surface area (Å²) >= 11 is 10.3. The normalized spacial score (nSPS) is 9.00. The fourth-order valence-electron chi connectivity index (χ4n) is 0.0690.